The van der Waals surface area contributed by atoms with E-state index >= 15 is 0 Å². The van der Waals surface area contributed by atoms with Crippen molar-refractivity contribution >= 4 is 23.3 Å². The van der Waals surface area contributed by atoms with Crippen LogP contribution in [0.5, 0.6) is 0 Å². The average Bonchev–Trinajstić information content (AvgIpc) is 2.47. The van der Waals surface area contributed by atoms with Gasteiger partial charge in [0.15, 0.2) is 0 Å². The Kier molecular flexibility index (Phi) is 3.73. The van der Waals surface area contributed by atoms with E-state index in [1.165, 1.54) is 0 Å². The van der Waals surface area contributed by atoms with Crippen LogP contribution in [0.15, 0.2) is 24.3 Å². The van der Waals surface area contributed by atoms with Crippen LogP contribution in [0.2, 0.25) is 0 Å². The van der Waals surface area contributed by atoms with Crippen molar-refractivity contribution in [2.45, 2.75) is 31.6 Å². The Hall–Kier alpha value is -2.17. The topological polar surface area (TPSA) is 66.5 Å². The number of anilines is 1. The number of piperidine rings is 2. The summed E-state index contributed by atoms with van der Waals surface area (Å²) in [6, 6.07) is 8.01. The van der Waals surface area contributed by atoms with E-state index in [1.54, 1.807) is 0 Å². The number of nitrogens with one attached hydrogen (secondary N) is 1. The standard InChI is InChI=1S/C16H18N2O3/c19-14-5-7-18(8-6-14)13-3-1-11(2-4-13)12-9-15(20)17-16(21)10-12/h1-4,12H,5-10H2,(H,17,20,21). The summed E-state index contributed by atoms with van der Waals surface area (Å²) in [5.41, 5.74) is 2.12. The normalized spacial score (nSPS) is 20.6. The van der Waals surface area contributed by atoms with E-state index in [0.717, 1.165) is 24.3 Å². The Morgan fingerprint density at radius 2 is 1.48 bits per heavy atom. The predicted octanol–water partition coefficient (Wildman–Crippen LogP) is 1.38. The van der Waals surface area contributed by atoms with E-state index in [-0.39, 0.29) is 17.7 Å². The Balaban J connectivity index is 1.70. The third-order valence-electron chi connectivity index (χ3n) is 4.19. The van der Waals surface area contributed by atoms with Gasteiger partial charge in [0, 0.05) is 50.4 Å². The van der Waals surface area contributed by atoms with Gasteiger partial charge in [0.05, 0.1) is 0 Å². The number of carbonyl (C=O) groups excluding carboxylic acids is 3. The van der Waals surface area contributed by atoms with Crippen LogP contribution >= 0.6 is 0 Å². The van der Waals surface area contributed by atoms with Gasteiger partial charge in [0.2, 0.25) is 11.8 Å². The SMILES string of the molecule is O=C1CCN(c2ccc(C3CC(=O)NC(=O)C3)cc2)CC1. The van der Waals surface area contributed by atoms with Crippen LogP contribution in [0.3, 0.4) is 0 Å². The van der Waals surface area contributed by atoms with E-state index < -0.39 is 0 Å². The highest BCUT2D eigenvalue weighted by molar-refractivity contribution is 5.98. The Morgan fingerprint density at radius 3 is 2.05 bits per heavy atom. The van der Waals surface area contributed by atoms with Crippen LogP contribution in [-0.2, 0) is 14.4 Å². The van der Waals surface area contributed by atoms with Gasteiger partial charge in [-0.25, -0.2) is 0 Å². The smallest absolute Gasteiger partial charge is 0.227 e. The highest BCUT2D eigenvalue weighted by Crippen LogP contribution is 2.28. The Morgan fingerprint density at radius 1 is 0.905 bits per heavy atom. The second-order valence-corrected chi connectivity index (χ2v) is 5.69. The highest BCUT2D eigenvalue weighted by atomic mass is 16.2. The van der Waals surface area contributed by atoms with Crippen LogP contribution in [0, 0.1) is 0 Å². The molecular weight excluding hydrogens is 268 g/mol. The first kappa shape index (κ1) is 13.8. The minimum atomic E-state index is -0.199. The molecule has 0 saturated carbocycles. The summed E-state index contributed by atoms with van der Waals surface area (Å²) in [4.78, 5) is 36.3. The van der Waals surface area contributed by atoms with Gasteiger partial charge < -0.3 is 4.90 Å². The molecule has 2 aliphatic rings. The summed E-state index contributed by atoms with van der Waals surface area (Å²) < 4.78 is 0. The number of Topliss-reactive ketones (excluding diaryl/α,β-unsaturated/α-hetero) is 1. The molecule has 110 valence electrons. The quantitative estimate of drug-likeness (QED) is 0.834. The highest BCUT2D eigenvalue weighted by Gasteiger charge is 2.26. The molecule has 2 fully saturated rings. The lowest BCUT2D eigenvalue weighted by molar-refractivity contribution is -0.133. The maximum absolute atomic E-state index is 11.4. The van der Waals surface area contributed by atoms with Crippen molar-refractivity contribution in [3.8, 4) is 0 Å². The van der Waals surface area contributed by atoms with Gasteiger partial charge in [-0.1, -0.05) is 12.1 Å². The summed E-state index contributed by atoms with van der Waals surface area (Å²) in [6.07, 6.45) is 1.95. The zero-order valence-corrected chi connectivity index (χ0v) is 11.8. The lowest BCUT2D eigenvalue weighted by Crippen LogP contribution is -2.37. The van der Waals surface area contributed by atoms with Crippen LogP contribution in [-0.4, -0.2) is 30.7 Å². The molecule has 21 heavy (non-hydrogen) atoms. The van der Waals surface area contributed by atoms with E-state index in [2.05, 4.69) is 10.2 Å². The molecule has 0 unspecified atom stereocenters. The van der Waals surface area contributed by atoms with Crippen molar-refractivity contribution < 1.29 is 14.4 Å². The number of carbonyl (C=O) groups is 3. The molecule has 1 N–H and O–H groups in total. The van der Waals surface area contributed by atoms with Crippen molar-refractivity contribution in [1.82, 2.24) is 5.32 Å². The summed E-state index contributed by atoms with van der Waals surface area (Å²) in [7, 11) is 0. The van der Waals surface area contributed by atoms with E-state index in [1.807, 2.05) is 24.3 Å². The minimum Gasteiger partial charge on any atom is -0.371 e. The molecule has 0 spiro atoms. The van der Waals surface area contributed by atoms with E-state index in [0.29, 0.717) is 31.5 Å². The summed E-state index contributed by atoms with van der Waals surface area (Å²) in [5.74, 6) is -0.0948. The van der Waals surface area contributed by atoms with Gasteiger partial charge in [-0.15, -0.1) is 0 Å². The van der Waals surface area contributed by atoms with Crippen LogP contribution in [0.25, 0.3) is 0 Å². The molecule has 2 amide bonds. The summed E-state index contributed by atoms with van der Waals surface area (Å²) in [6.45, 7) is 1.53. The second kappa shape index (κ2) is 5.68. The number of benzene rings is 1. The second-order valence-electron chi connectivity index (χ2n) is 5.69. The molecule has 0 radical (unpaired) electrons. The third-order valence-corrected chi connectivity index (χ3v) is 4.19. The molecule has 3 rings (SSSR count). The van der Waals surface area contributed by atoms with Gasteiger partial charge in [-0.3, -0.25) is 19.7 Å². The van der Waals surface area contributed by atoms with Gasteiger partial charge in [-0.05, 0) is 17.7 Å². The number of rotatable bonds is 2. The van der Waals surface area contributed by atoms with Crippen molar-refractivity contribution in [2.75, 3.05) is 18.0 Å². The molecule has 1 aromatic carbocycles. The monoisotopic (exact) mass is 286 g/mol. The molecule has 2 aliphatic heterocycles. The first-order valence-electron chi connectivity index (χ1n) is 7.31. The fourth-order valence-electron chi connectivity index (χ4n) is 2.98. The molecule has 0 atom stereocenters. The first-order valence-corrected chi connectivity index (χ1v) is 7.31. The Labute approximate surface area is 123 Å². The summed E-state index contributed by atoms with van der Waals surface area (Å²) in [5, 5.41) is 2.33. The average molecular weight is 286 g/mol. The van der Waals surface area contributed by atoms with Crippen molar-refractivity contribution in [3.63, 3.8) is 0 Å². The lowest BCUT2D eigenvalue weighted by Gasteiger charge is -2.28. The fourth-order valence-corrected chi connectivity index (χ4v) is 2.98. The molecule has 2 heterocycles. The summed E-state index contributed by atoms with van der Waals surface area (Å²) >= 11 is 0. The molecule has 0 aromatic heterocycles. The number of ketones is 1. The van der Waals surface area contributed by atoms with Crippen molar-refractivity contribution in [3.05, 3.63) is 29.8 Å². The molecule has 0 aliphatic carbocycles. The van der Waals surface area contributed by atoms with Gasteiger partial charge >= 0.3 is 0 Å². The molecule has 0 bridgehead atoms. The zero-order chi connectivity index (χ0) is 14.8. The molecular formula is C16H18N2O3. The first-order chi connectivity index (χ1) is 10.1. The van der Waals surface area contributed by atoms with Gasteiger partial charge in [0.25, 0.3) is 0 Å². The van der Waals surface area contributed by atoms with Crippen molar-refractivity contribution in [1.29, 1.82) is 0 Å². The fraction of sp³-hybridized carbons (Fsp3) is 0.438. The Bertz CT molecular complexity index is 554. The van der Waals surface area contributed by atoms with Gasteiger partial charge in [-0.2, -0.15) is 0 Å². The van der Waals surface area contributed by atoms with E-state index in [9.17, 15) is 14.4 Å². The maximum atomic E-state index is 11.4. The number of imide groups is 1. The number of hydrogen-bond acceptors (Lipinski definition) is 4. The van der Waals surface area contributed by atoms with Crippen molar-refractivity contribution in [2.24, 2.45) is 0 Å². The zero-order valence-electron chi connectivity index (χ0n) is 11.8. The molecule has 1 aromatic rings. The lowest BCUT2D eigenvalue weighted by atomic mass is 9.89. The maximum Gasteiger partial charge on any atom is 0.227 e. The largest absolute Gasteiger partial charge is 0.371 e. The van der Waals surface area contributed by atoms with Crippen LogP contribution in [0.1, 0.15) is 37.2 Å². The molecule has 5 nitrogen and oxygen atoms in total. The molecule has 5 heteroatoms. The number of nitrogens with zero attached hydrogens (tertiary/aromatic N) is 1. The van der Waals surface area contributed by atoms with Crippen LogP contribution in [0.4, 0.5) is 5.69 Å². The number of hydrogen-bond donors (Lipinski definition) is 1. The predicted molar refractivity (Wildman–Crippen MR) is 78.0 cm³/mol. The van der Waals surface area contributed by atoms with E-state index in [4.69, 9.17) is 0 Å². The van der Waals surface area contributed by atoms with Crippen LogP contribution < -0.4 is 10.2 Å². The third kappa shape index (κ3) is 3.12. The molecule has 2 saturated heterocycles. The van der Waals surface area contributed by atoms with Gasteiger partial charge in [0.1, 0.15) is 5.78 Å². The minimum absolute atomic E-state index is 0.0248. The number of amides is 2.